The first-order valence-corrected chi connectivity index (χ1v) is 6.99. The van der Waals surface area contributed by atoms with E-state index >= 15 is 0 Å². The van der Waals surface area contributed by atoms with Crippen LogP contribution in [0.3, 0.4) is 0 Å². The predicted octanol–water partition coefficient (Wildman–Crippen LogP) is 2.26. The molecule has 0 saturated carbocycles. The second kappa shape index (κ2) is 6.17. The van der Waals surface area contributed by atoms with Crippen molar-refractivity contribution in [2.45, 2.75) is 71.8 Å². The lowest BCUT2D eigenvalue weighted by Gasteiger charge is -2.44. The van der Waals surface area contributed by atoms with Gasteiger partial charge >= 0.3 is 0 Å². The van der Waals surface area contributed by atoms with Crippen LogP contribution < -0.4 is 5.32 Å². The Labute approximate surface area is 107 Å². The third-order valence-electron chi connectivity index (χ3n) is 3.47. The van der Waals surface area contributed by atoms with Gasteiger partial charge < -0.3 is 10.1 Å². The van der Waals surface area contributed by atoms with E-state index < -0.39 is 0 Å². The molecular formula is C14H30N2O. The Morgan fingerprint density at radius 3 is 2.59 bits per heavy atom. The third kappa shape index (κ3) is 4.94. The van der Waals surface area contributed by atoms with Gasteiger partial charge in [0.2, 0.25) is 0 Å². The molecule has 1 fully saturated rings. The first kappa shape index (κ1) is 14.9. The highest BCUT2D eigenvalue weighted by Crippen LogP contribution is 2.23. The summed E-state index contributed by atoms with van der Waals surface area (Å²) in [6, 6.07) is 1.21. The SMILES string of the molecule is CCNC(C)CC(C)N1CC(C)OC(C)(C)C1. The molecule has 1 aliphatic heterocycles. The number of hydrogen-bond acceptors (Lipinski definition) is 3. The van der Waals surface area contributed by atoms with E-state index in [-0.39, 0.29) is 5.60 Å². The first-order valence-electron chi connectivity index (χ1n) is 6.99. The molecule has 3 heteroatoms. The van der Waals surface area contributed by atoms with E-state index in [4.69, 9.17) is 4.74 Å². The molecule has 1 saturated heterocycles. The molecule has 0 spiro atoms. The number of ether oxygens (including phenoxy) is 1. The van der Waals surface area contributed by atoms with E-state index in [1.807, 2.05) is 0 Å². The summed E-state index contributed by atoms with van der Waals surface area (Å²) in [6.45, 7) is 16.5. The van der Waals surface area contributed by atoms with Gasteiger partial charge in [0.15, 0.2) is 0 Å². The van der Waals surface area contributed by atoms with Crippen molar-refractivity contribution in [1.29, 1.82) is 0 Å². The Hall–Kier alpha value is -0.120. The van der Waals surface area contributed by atoms with E-state index in [1.54, 1.807) is 0 Å². The van der Waals surface area contributed by atoms with E-state index in [9.17, 15) is 0 Å². The average molecular weight is 242 g/mol. The van der Waals surface area contributed by atoms with Crippen LogP contribution in [-0.2, 0) is 4.74 Å². The number of morpholine rings is 1. The average Bonchev–Trinajstić information content (AvgIpc) is 2.14. The standard InChI is InChI=1S/C14H30N2O/c1-7-15-11(2)8-12(3)16-9-13(4)17-14(5,6)10-16/h11-13,15H,7-10H2,1-6H3. The molecular weight excluding hydrogens is 212 g/mol. The summed E-state index contributed by atoms with van der Waals surface area (Å²) >= 11 is 0. The van der Waals surface area contributed by atoms with Crippen molar-refractivity contribution in [3.05, 3.63) is 0 Å². The van der Waals surface area contributed by atoms with Crippen molar-refractivity contribution < 1.29 is 4.74 Å². The van der Waals surface area contributed by atoms with Crippen LogP contribution in [0.1, 0.15) is 48.0 Å². The van der Waals surface area contributed by atoms with Gasteiger partial charge in [-0.05, 0) is 47.6 Å². The van der Waals surface area contributed by atoms with Gasteiger partial charge in [0, 0.05) is 25.2 Å². The molecule has 0 aromatic rings. The van der Waals surface area contributed by atoms with Gasteiger partial charge in [-0.3, -0.25) is 4.90 Å². The summed E-state index contributed by atoms with van der Waals surface area (Å²) < 4.78 is 5.95. The zero-order valence-electron chi connectivity index (χ0n) is 12.4. The number of rotatable bonds is 5. The van der Waals surface area contributed by atoms with Crippen molar-refractivity contribution in [2.24, 2.45) is 0 Å². The Balaban J connectivity index is 2.48. The number of nitrogens with one attached hydrogen (secondary N) is 1. The second-order valence-corrected chi connectivity index (χ2v) is 6.16. The van der Waals surface area contributed by atoms with Gasteiger partial charge in [0.1, 0.15) is 0 Å². The molecule has 0 bridgehead atoms. The zero-order valence-corrected chi connectivity index (χ0v) is 12.4. The summed E-state index contributed by atoms with van der Waals surface area (Å²) in [5.41, 5.74) is -0.00660. The van der Waals surface area contributed by atoms with Crippen LogP contribution in [0.4, 0.5) is 0 Å². The van der Waals surface area contributed by atoms with Crippen LogP contribution in [0.25, 0.3) is 0 Å². The number of hydrogen-bond donors (Lipinski definition) is 1. The summed E-state index contributed by atoms with van der Waals surface area (Å²) in [5, 5.41) is 3.49. The third-order valence-corrected chi connectivity index (χ3v) is 3.47. The zero-order chi connectivity index (χ0) is 13.1. The molecule has 1 N–H and O–H groups in total. The highest BCUT2D eigenvalue weighted by molar-refractivity contribution is 4.86. The smallest absolute Gasteiger partial charge is 0.0757 e. The molecule has 0 aromatic heterocycles. The maximum Gasteiger partial charge on any atom is 0.0757 e. The fraction of sp³-hybridized carbons (Fsp3) is 1.00. The van der Waals surface area contributed by atoms with Crippen LogP contribution >= 0.6 is 0 Å². The molecule has 1 heterocycles. The Morgan fingerprint density at radius 2 is 2.06 bits per heavy atom. The minimum absolute atomic E-state index is 0.00660. The maximum absolute atomic E-state index is 5.95. The van der Waals surface area contributed by atoms with Crippen LogP contribution in [0.2, 0.25) is 0 Å². The van der Waals surface area contributed by atoms with Gasteiger partial charge in [0.05, 0.1) is 11.7 Å². The van der Waals surface area contributed by atoms with Crippen LogP contribution in [0, 0.1) is 0 Å². The molecule has 17 heavy (non-hydrogen) atoms. The van der Waals surface area contributed by atoms with Crippen molar-refractivity contribution in [3.8, 4) is 0 Å². The molecule has 0 aliphatic carbocycles. The molecule has 0 aromatic carbocycles. The summed E-state index contributed by atoms with van der Waals surface area (Å²) in [6.07, 6.45) is 1.55. The molecule has 0 amide bonds. The Kier molecular flexibility index (Phi) is 5.42. The molecule has 3 nitrogen and oxygen atoms in total. The summed E-state index contributed by atoms with van der Waals surface area (Å²) in [4.78, 5) is 2.57. The van der Waals surface area contributed by atoms with Crippen LogP contribution in [-0.4, -0.2) is 48.3 Å². The molecule has 1 rings (SSSR count). The van der Waals surface area contributed by atoms with Gasteiger partial charge in [-0.1, -0.05) is 6.92 Å². The van der Waals surface area contributed by atoms with Gasteiger partial charge in [-0.2, -0.15) is 0 Å². The van der Waals surface area contributed by atoms with Crippen LogP contribution in [0.5, 0.6) is 0 Å². The molecule has 3 atom stereocenters. The second-order valence-electron chi connectivity index (χ2n) is 6.16. The molecule has 0 radical (unpaired) electrons. The number of nitrogens with zero attached hydrogens (tertiary/aromatic N) is 1. The summed E-state index contributed by atoms with van der Waals surface area (Å²) in [5.74, 6) is 0. The summed E-state index contributed by atoms with van der Waals surface area (Å²) in [7, 11) is 0. The van der Waals surface area contributed by atoms with Crippen molar-refractivity contribution >= 4 is 0 Å². The van der Waals surface area contributed by atoms with Crippen molar-refractivity contribution in [2.75, 3.05) is 19.6 Å². The van der Waals surface area contributed by atoms with E-state index in [1.165, 1.54) is 6.42 Å². The quantitative estimate of drug-likeness (QED) is 0.800. The Morgan fingerprint density at radius 1 is 1.41 bits per heavy atom. The molecule has 1 aliphatic rings. The molecule has 102 valence electrons. The monoisotopic (exact) mass is 242 g/mol. The maximum atomic E-state index is 5.95. The lowest BCUT2D eigenvalue weighted by molar-refractivity contribution is -0.137. The topological polar surface area (TPSA) is 24.5 Å². The lowest BCUT2D eigenvalue weighted by Crippen LogP contribution is -2.55. The fourth-order valence-electron chi connectivity index (χ4n) is 2.93. The largest absolute Gasteiger partial charge is 0.370 e. The van der Waals surface area contributed by atoms with Crippen molar-refractivity contribution in [3.63, 3.8) is 0 Å². The van der Waals surface area contributed by atoms with E-state index in [2.05, 4.69) is 51.8 Å². The van der Waals surface area contributed by atoms with Crippen molar-refractivity contribution in [1.82, 2.24) is 10.2 Å². The lowest BCUT2D eigenvalue weighted by atomic mass is 10.0. The van der Waals surface area contributed by atoms with Crippen LogP contribution in [0.15, 0.2) is 0 Å². The minimum atomic E-state index is -0.00660. The highest BCUT2D eigenvalue weighted by atomic mass is 16.5. The normalized spacial score (nSPS) is 28.9. The highest BCUT2D eigenvalue weighted by Gasteiger charge is 2.33. The van der Waals surface area contributed by atoms with Gasteiger partial charge in [0.25, 0.3) is 0 Å². The Bertz CT molecular complexity index is 230. The fourth-order valence-corrected chi connectivity index (χ4v) is 2.93. The van der Waals surface area contributed by atoms with E-state index in [0.717, 1.165) is 19.6 Å². The van der Waals surface area contributed by atoms with Gasteiger partial charge in [-0.15, -0.1) is 0 Å². The molecule has 3 unspecified atom stereocenters. The van der Waals surface area contributed by atoms with E-state index in [0.29, 0.717) is 18.2 Å². The predicted molar refractivity (Wildman–Crippen MR) is 73.4 cm³/mol. The first-order chi connectivity index (χ1) is 7.84. The minimum Gasteiger partial charge on any atom is -0.370 e. The van der Waals surface area contributed by atoms with Gasteiger partial charge in [-0.25, -0.2) is 0 Å².